The van der Waals surface area contributed by atoms with E-state index in [-0.39, 0.29) is 5.91 Å². The number of rotatable bonds is 3. The lowest BCUT2D eigenvalue weighted by atomic mass is 9.93. The maximum absolute atomic E-state index is 10.9. The van der Waals surface area contributed by atoms with Gasteiger partial charge in [0, 0.05) is 25.2 Å². The van der Waals surface area contributed by atoms with Crippen molar-refractivity contribution in [2.24, 2.45) is 11.7 Å². The number of piperidine rings is 1. The third kappa shape index (κ3) is 3.19. The van der Waals surface area contributed by atoms with Crippen LogP contribution in [0.5, 0.6) is 0 Å². The summed E-state index contributed by atoms with van der Waals surface area (Å²) in [5.74, 6) is 1.31. The molecular weight excluding hydrogens is 214 g/mol. The standard InChI is InChI=1S/C13H19N3O/c1-10-3-2-4-13(15-10)16-7-5-11(6-8-16)9-12(14)17/h2-4,11H,5-9H2,1H3,(H2,14,17). The zero-order chi connectivity index (χ0) is 12.3. The topological polar surface area (TPSA) is 59.2 Å². The van der Waals surface area contributed by atoms with Crippen LogP contribution in [0.4, 0.5) is 5.82 Å². The van der Waals surface area contributed by atoms with Gasteiger partial charge >= 0.3 is 0 Å². The molecule has 0 aliphatic carbocycles. The first kappa shape index (κ1) is 11.9. The molecule has 4 nitrogen and oxygen atoms in total. The summed E-state index contributed by atoms with van der Waals surface area (Å²) in [5.41, 5.74) is 6.27. The first-order valence-corrected chi connectivity index (χ1v) is 6.12. The molecule has 2 N–H and O–H groups in total. The fourth-order valence-electron chi connectivity index (χ4n) is 2.36. The van der Waals surface area contributed by atoms with Crippen molar-refractivity contribution in [2.45, 2.75) is 26.2 Å². The molecule has 1 fully saturated rings. The summed E-state index contributed by atoms with van der Waals surface area (Å²) in [4.78, 5) is 17.7. The Morgan fingerprint density at radius 2 is 2.18 bits per heavy atom. The lowest BCUT2D eigenvalue weighted by molar-refractivity contribution is -0.119. The highest BCUT2D eigenvalue weighted by Gasteiger charge is 2.21. The lowest BCUT2D eigenvalue weighted by Gasteiger charge is -2.32. The minimum atomic E-state index is -0.183. The van der Waals surface area contributed by atoms with Gasteiger partial charge in [-0.2, -0.15) is 0 Å². The molecule has 1 aliphatic rings. The largest absolute Gasteiger partial charge is 0.370 e. The van der Waals surface area contributed by atoms with Gasteiger partial charge in [0.1, 0.15) is 5.82 Å². The van der Waals surface area contributed by atoms with E-state index in [1.165, 1.54) is 0 Å². The number of carbonyl (C=O) groups is 1. The SMILES string of the molecule is Cc1cccc(N2CCC(CC(N)=O)CC2)n1. The first-order valence-electron chi connectivity index (χ1n) is 6.12. The molecule has 0 atom stereocenters. The van der Waals surface area contributed by atoms with Crippen molar-refractivity contribution in [1.29, 1.82) is 0 Å². The molecule has 0 spiro atoms. The van der Waals surface area contributed by atoms with Gasteiger partial charge in [0.05, 0.1) is 0 Å². The predicted molar refractivity (Wildman–Crippen MR) is 67.7 cm³/mol. The van der Waals surface area contributed by atoms with Crippen LogP contribution in [0.1, 0.15) is 25.0 Å². The highest BCUT2D eigenvalue weighted by molar-refractivity contribution is 5.74. The van der Waals surface area contributed by atoms with Gasteiger partial charge in [-0.15, -0.1) is 0 Å². The van der Waals surface area contributed by atoms with Gasteiger partial charge in [-0.3, -0.25) is 4.79 Å². The number of aromatic nitrogens is 1. The third-order valence-corrected chi connectivity index (χ3v) is 3.30. The summed E-state index contributed by atoms with van der Waals surface area (Å²) in [7, 11) is 0. The second-order valence-electron chi connectivity index (χ2n) is 4.74. The van der Waals surface area contributed by atoms with Gasteiger partial charge in [0.2, 0.25) is 5.91 Å². The second-order valence-corrected chi connectivity index (χ2v) is 4.74. The quantitative estimate of drug-likeness (QED) is 0.860. The molecule has 4 heteroatoms. The van der Waals surface area contributed by atoms with Gasteiger partial charge in [0.25, 0.3) is 0 Å². The summed E-state index contributed by atoms with van der Waals surface area (Å²) in [6.07, 6.45) is 2.58. The van der Waals surface area contributed by atoms with E-state index in [2.05, 4.69) is 9.88 Å². The van der Waals surface area contributed by atoms with Crippen LogP contribution in [0.25, 0.3) is 0 Å². The van der Waals surface area contributed by atoms with E-state index in [9.17, 15) is 4.79 Å². The zero-order valence-electron chi connectivity index (χ0n) is 10.2. The van der Waals surface area contributed by atoms with Gasteiger partial charge in [-0.1, -0.05) is 6.07 Å². The molecule has 1 aromatic rings. The lowest BCUT2D eigenvalue weighted by Crippen LogP contribution is -2.35. The fraction of sp³-hybridized carbons (Fsp3) is 0.538. The Kier molecular flexibility index (Phi) is 3.61. The summed E-state index contributed by atoms with van der Waals surface area (Å²) in [6, 6.07) is 6.08. The van der Waals surface area contributed by atoms with Gasteiger partial charge in [-0.05, 0) is 37.8 Å². The Labute approximate surface area is 102 Å². The number of hydrogen-bond donors (Lipinski definition) is 1. The number of nitrogens with zero attached hydrogens (tertiary/aromatic N) is 2. The number of amides is 1. The van der Waals surface area contributed by atoms with Crippen molar-refractivity contribution in [3.63, 3.8) is 0 Å². The Morgan fingerprint density at radius 3 is 2.76 bits per heavy atom. The summed E-state index contributed by atoms with van der Waals surface area (Å²) in [6.45, 7) is 3.94. The van der Waals surface area contributed by atoms with Gasteiger partial charge in [-0.25, -0.2) is 4.98 Å². The Morgan fingerprint density at radius 1 is 1.47 bits per heavy atom. The minimum Gasteiger partial charge on any atom is -0.370 e. The molecule has 0 saturated carbocycles. The predicted octanol–water partition coefficient (Wildman–Crippen LogP) is 1.48. The van der Waals surface area contributed by atoms with E-state index < -0.39 is 0 Å². The maximum Gasteiger partial charge on any atom is 0.217 e. The molecule has 0 aromatic carbocycles. The van der Waals surface area contributed by atoms with Crippen molar-refractivity contribution in [1.82, 2.24) is 4.98 Å². The average molecular weight is 233 g/mol. The molecule has 17 heavy (non-hydrogen) atoms. The number of aryl methyl sites for hydroxylation is 1. The monoisotopic (exact) mass is 233 g/mol. The smallest absolute Gasteiger partial charge is 0.217 e. The van der Waals surface area contributed by atoms with Crippen LogP contribution < -0.4 is 10.6 Å². The summed E-state index contributed by atoms with van der Waals surface area (Å²) >= 11 is 0. The van der Waals surface area contributed by atoms with Crippen LogP contribution in [0, 0.1) is 12.8 Å². The average Bonchev–Trinajstić information content (AvgIpc) is 2.29. The number of primary amides is 1. The Bertz CT molecular complexity index is 397. The van der Waals surface area contributed by atoms with Crippen LogP contribution in [0.15, 0.2) is 18.2 Å². The van der Waals surface area contributed by atoms with E-state index in [0.29, 0.717) is 12.3 Å². The number of hydrogen-bond acceptors (Lipinski definition) is 3. The van der Waals surface area contributed by atoms with Crippen molar-refractivity contribution in [3.8, 4) is 0 Å². The molecule has 1 aromatic heterocycles. The van der Waals surface area contributed by atoms with Crippen molar-refractivity contribution < 1.29 is 4.79 Å². The normalized spacial score (nSPS) is 17.1. The molecular formula is C13H19N3O. The summed E-state index contributed by atoms with van der Waals surface area (Å²) < 4.78 is 0. The Balaban J connectivity index is 1.93. The molecule has 1 amide bonds. The number of nitrogens with two attached hydrogens (primary N) is 1. The van der Waals surface area contributed by atoms with Gasteiger partial charge in [0.15, 0.2) is 0 Å². The first-order chi connectivity index (χ1) is 8.15. The zero-order valence-corrected chi connectivity index (χ0v) is 10.2. The molecule has 1 saturated heterocycles. The minimum absolute atomic E-state index is 0.183. The molecule has 2 heterocycles. The number of anilines is 1. The van der Waals surface area contributed by atoms with Crippen LogP contribution in [-0.2, 0) is 4.79 Å². The van der Waals surface area contributed by atoms with E-state index in [1.54, 1.807) is 0 Å². The highest BCUT2D eigenvalue weighted by atomic mass is 16.1. The van der Waals surface area contributed by atoms with Crippen LogP contribution in [0.3, 0.4) is 0 Å². The van der Waals surface area contributed by atoms with E-state index in [1.807, 2.05) is 25.1 Å². The molecule has 0 unspecified atom stereocenters. The third-order valence-electron chi connectivity index (χ3n) is 3.30. The van der Waals surface area contributed by atoms with Crippen LogP contribution in [-0.4, -0.2) is 24.0 Å². The second kappa shape index (κ2) is 5.17. The van der Waals surface area contributed by atoms with Crippen LogP contribution >= 0.6 is 0 Å². The van der Waals surface area contributed by atoms with E-state index in [4.69, 9.17) is 5.73 Å². The number of carbonyl (C=O) groups excluding carboxylic acids is 1. The number of pyridine rings is 1. The molecule has 0 bridgehead atoms. The van der Waals surface area contributed by atoms with Gasteiger partial charge < -0.3 is 10.6 Å². The van der Waals surface area contributed by atoms with Crippen molar-refractivity contribution in [3.05, 3.63) is 23.9 Å². The molecule has 1 aliphatic heterocycles. The molecule has 2 rings (SSSR count). The molecule has 92 valence electrons. The highest BCUT2D eigenvalue weighted by Crippen LogP contribution is 2.23. The van der Waals surface area contributed by atoms with Crippen LogP contribution in [0.2, 0.25) is 0 Å². The van der Waals surface area contributed by atoms with E-state index >= 15 is 0 Å². The molecule has 0 radical (unpaired) electrons. The summed E-state index contributed by atoms with van der Waals surface area (Å²) in [5, 5.41) is 0. The van der Waals surface area contributed by atoms with E-state index in [0.717, 1.165) is 37.4 Å². The maximum atomic E-state index is 10.9. The van der Waals surface area contributed by atoms with Crippen molar-refractivity contribution >= 4 is 11.7 Å². The fourth-order valence-corrected chi connectivity index (χ4v) is 2.36. The van der Waals surface area contributed by atoms with Crippen molar-refractivity contribution in [2.75, 3.05) is 18.0 Å². The Hall–Kier alpha value is -1.58.